The molecule has 0 fully saturated rings. The SMILES string of the molecule is CCCNC(c1cccc(C(F)(F)F)c1)C(C)OC. The summed E-state index contributed by atoms with van der Waals surface area (Å²) in [5.74, 6) is 0. The summed E-state index contributed by atoms with van der Waals surface area (Å²) in [6.07, 6.45) is -3.61. The van der Waals surface area contributed by atoms with Gasteiger partial charge in [0.15, 0.2) is 0 Å². The van der Waals surface area contributed by atoms with E-state index in [9.17, 15) is 13.2 Å². The first kappa shape index (κ1) is 16.0. The zero-order valence-electron chi connectivity index (χ0n) is 11.4. The second-order valence-corrected chi connectivity index (χ2v) is 4.50. The number of methoxy groups -OCH3 is 1. The van der Waals surface area contributed by atoms with Crippen molar-refractivity contribution in [3.05, 3.63) is 35.4 Å². The number of rotatable bonds is 6. The number of ether oxygens (including phenoxy) is 1. The maximum Gasteiger partial charge on any atom is 0.416 e. The minimum absolute atomic E-state index is 0.199. The molecule has 0 aliphatic heterocycles. The summed E-state index contributed by atoms with van der Waals surface area (Å²) in [6.45, 7) is 4.58. The van der Waals surface area contributed by atoms with Crippen molar-refractivity contribution in [1.82, 2.24) is 5.32 Å². The van der Waals surface area contributed by atoms with Crippen LogP contribution in [0.15, 0.2) is 24.3 Å². The number of hydrogen-bond acceptors (Lipinski definition) is 2. The third-order valence-corrected chi connectivity index (χ3v) is 3.03. The van der Waals surface area contributed by atoms with Crippen molar-refractivity contribution in [1.29, 1.82) is 0 Å². The Morgan fingerprint density at radius 2 is 2.00 bits per heavy atom. The Labute approximate surface area is 112 Å². The summed E-state index contributed by atoms with van der Waals surface area (Å²) in [5.41, 5.74) is -0.0331. The predicted octanol–water partition coefficient (Wildman–Crippen LogP) is 3.78. The van der Waals surface area contributed by atoms with Gasteiger partial charge < -0.3 is 10.1 Å². The Morgan fingerprint density at radius 1 is 1.32 bits per heavy atom. The Hall–Kier alpha value is -1.07. The average molecular weight is 275 g/mol. The summed E-state index contributed by atoms with van der Waals surface area (Å²) in [4.78, 5) is 0. The van der Waals surface area contributed by atoms with E-state index in [4.69, 9.17) is 4.74 Å². The molecule has 19 heavy (non-hydrogen) atoms. The molecule has 1 N–H and O–H groups in total. The molecule has 0 saturated carbocycles. The Kier molecular flexibility index (Phi) is 5.82. The van der Waals surface area contributed by atoms with Crippen molar-refractivity contribution >= 4 is 0 Å². The molecule has 0 amide bonds. The number of nitrogens with one attached hydrogen (secondary N) is 1. The van der Waals surface area contributed by atoms with Crippen LogP contribution in [0.3, 0.4) is 0 Å². The molecule has 2 unspecified atom stereocenters. The highest BCUT2D eigenvalue weighted by atomic mass is 19.4. The van der Waals surface area contributed by atoms with Crippen LogP contribution in [0.5, 0.6) is 0 Å². The van der Waals surface area contributed by atoms with Gasteiger partial charge in [-0.1, -0.05) is 19.1 Å². The summed E-state index contributed by atoms with van der Waals surface area (Å²) in [7, 11) is 1.55. The normalized spacial score (nSPS) is 15.3. The molecule has 0 aromatic heterocycles. The zero-order chi connectivity index (χ0) is 14.5. The first-order chi connectivity index (χ1) is 8.90. The van der Waals surface area contributed by atoms with Crippen molar-refractivity contribution in [3.8, 4) is 0 Å². The van der Waals surface area contributed by atoms with E-state index in [0.717, 1.165) is 19.0 Å². The topological polar surface area (TPSA) is 21.3 Å². The smallest absolute Gasteiger partial charge is 0.380 e. The van der Waals surface area contributed by atoms with Crippen LogP contribution in [0, 0.1) is 0 Å². The van der Waals surface area contributed by atoms with Crippen LogP contribution < -0.4 is 5.32 Å². The molecule has 108 valence electrons. The average Bonchev–Trinajstić information content (AvgIpc) is 2.38. The van der Waals surface area contributed by atoms with Gasteiger partial charge in [0, 0.05) is 7.11 Å². The largest absolute Gasteiger partial charge is 0.416 e. The highest BCUT2D eigenvalue weighted by Crippen LogP contribution is 2.31. The van der Waals surface area contributed by atoms with Gasteiger partial charge in [0.25, 0.3) is 0 Å². The fourth-order valence-corrected chi connectivity index (χ4v) is 1.90. The standard InChI is InChI=1S/C14H20F3NO/c1-4-8-18-13(10(2)19-3)11-6-5-7-12(9-11)14(15,16)17/h5-7,9-10,13,18H,4,8H2,1-3H3. The maximum absolute atomic E-state index is 12.7. The van der Waals surface area contributed by atoms with E-state index in [1.165, 1.54) is 12.1 Å². The lowest BCUT2D eigenvalue weighted by Gasteiger charge is -2.25. The Morgan fingerprint density at radius 3 is 2.53 bits per heavy atom. The van der Waals surface area contributed by atoms with Gasteiger partial charge in [-0.05, 0) is 37.6 Å². The molecule has 0 radical (unpaired) electrons. The van der Waals surface area contributed by atoms with Gasteiger partial charge >= 0.3 is 6.18 Å². The van der Waals surface area contributed by atoms with E-state index in [1.807, 2.05) is 13.8 Å². The van der Waals surface area contributed by atoms with Gasteiger partial charge in [-0.15, -0.1) is 0 Å². The lowest BCUT2D eigenvalue weighted by molar-refractivity contribution is -0.137. The van der Waals surface area contributed by atoms with E-state index in [1.54, 1.807) is 13.2 Å². The first-order valence-corrected chi connectivity index (χ1v) is 6.33. The Balaban J connectivity index is 3.01. The molecule has 1 rings (SSSR count). The second-order valence-electron chi connectivity index (χ2n) is 4.50. The zero-order valence-corrected chi connectivity index (χ0v) is 11.4. The van der Waals surface area contributed by atoms with Crippen molar-refractivity contribution in [2.45, 2.75) is 38.6 Å². The lowest BCUT2D eigenvalue weighted by Crippen LogP contribution is -2.32. The van der Waals surface area contributed by atoms with E-state index in [0.29, 0.717) is 5.56 Å². The van der Waals surface area contributed by atoms with Gasteiger partial charge in [-0.2, -0.15) is 13.2 Å². The summed E-state index contributed by atoms with van der Waals surface area (Å²) in [6, 6.07) is 5.15. The molecule has 0 saturated heterocycles. The van der Waals surface area contributed by atoms with Crippen molar-refractivity contribution in [2.75, 3.05) is 13.7 Å². The molecule has 0 aliphatic carbocycles. The van der Waals surface area contributed by atoms with Crippen LogP contribution in [-0.4, -0.2) is 19.8 Å². The molecule has 5 heteroatoms. The van der Waals surface area contributed by atoms with Crippen LogP contribution in [-0.2, 0) is 10.9 Å². The van der Waals surface area contributed by atoms with Crippen molar-refractivity contribution in [2.24, 2.45) is 0 Å². The van der Waals surface area contributed by atoms with Gasteiger partial charge in [0.2, 0.25) is 0 Å². The third kappa shape index (κ3) is 4.51. The number of benzene rings is 1. The van der Waals surface area contributed by atoms with Crippen molar-refractivity contribution in [3.63, 3.8) is 0 Å². The molecule has 0 bridgehead atoms. The highest BCUT2D eigenvalue weighted by molar-refractivity contribution is 5.28. The fraction of sp³-hybridized carbons (Fsp3) is 0.571. The van der Waals surface area contributed by atoms with Gasteiger partial charge in [-0.25, -0.2) is 0 Å². The number of hydrogen-bond donors (Lipinski definition) is 1. The first-order valence-electron chi connectivity index (χ1n) is 6.33. The van der Waals surface area contributed by atoms with Gasteiger partial charge in [0.1, 0.15) is 0 Å². The monoisotopic (exact) mass is 275 g/mol. The molecule has 0 spiro atoms. The minimum atomic E-state index is -4.32. The Bertz CT molecular complexity index is 393. The maximum atomic E-state index is 12.7. The molecular weight excluding hydrogens is 255 g/mol. The fourth-order valence-electron chi connectivity index (χ4n) is 1.90. The lowest BCUT2D eigenvalue weighted by atomic mass is 9.99. The predicted molar refractivity (Wildman–Crippen MR) is 68.9 cm³/mol. The van der Waals surface area contributed by atoms with E-state index in [2.05, 4.69) is 5.32 Å². The number of alkyl halides is 3. The highest BCUT2D eigenvalue weighted by Gasteiger charge is 2.31. The molecule has 1 aromatic carbocycles. The molecule has 0 heterocycles. The summed E-state index contributed by atoms with van der Waals surface area (Å²) in [5, 5.41) is 3.22. The quantitative estimate of drug-likeness (QED) is 0.853. The summed E-state index contributed by atoms with van der Waals surface area (Å²) < 4.78 is 43.4. The van der Waals surface area contributed by atoms with Crippen LogP contribution >= 0.6 is 0 Å². The van der Waals surface area contributed by atoms with E-state index >= 15 is 0 Å². The summed E-state index contributed by atoms with van der Waals surface area (Å²) >= 11 is 0. The van der Waals surface area contributed by atoms with Crippen LogP contribution in [0.25, 0.3) is 0 Å². The van der Waals surface area contributed by atoms with Crippen LogP contribution in [0.1, 0.15) is 37.4 Å². The van der Waals surface area contributed by atoms with E-state index in [-0.39, 0.29) is 12.1 Å². The second kappa shape index (κ2) is 6.91. The molecule has 2 nitrogen and oxygen atoms in total. The van der Waals surface area contributed by atoms with Gasteiger partial charge in [0.05, 0.1) is 17.7 Å². The molecule has 1 aromatic rings. The third-order valence-electron chi connectivity index (χ3n) is 3.03. The molecule has 0 aliphatic rings. The van der Waals surface area contributed by atoms with Gasteiger partial charge in [-0.3, -0.25) is 0 Å². The van der Waals surface area contributed by atoms with Crippen LogP contribution in [0.2, 0.25) is 0 Å². The molecular formula is C14H20F3NO. The molecule has 2 atom stereocenters. The minimum Gasteiger partial charge on any atom is -0.380 e. The van der Waals surface area contributed by atoms with E-state index < -0.39 is 11.7 Å². The van der Waals surface area contributed by atoms with Crippen LogP contribution in [0.4, 0.5) is 13.2 Å². The number of halogens is 3. The van der Waals surface area contributed by atoms with Crippen molar-refractivity contribution < 1.29 is 17.9 Å².